The molecule has 7 heteroatoms. The van der Waals surface area contributed by atoms with Gasteiger partial charge in [-0.2, -0.15) is 0 Å². The number of phenols is 1. The molecule has 2 N–H and O–H groups in total. The summed E-state index contributed by atoms with van der Waals surface area (Å²) in [6.07, 6.45) is 1.73. The van der Waals surface area contributed by atoms with E-state index in [1.165, 1.54) is 0 Å². The van der Waals surface area contributed by atoms with E-state index >= 15 is 0 Å². The Morgan fingerprint density at radius 1 is 1.24 bits per heavy atom. The maximum atomic E-state index is 12.3. The smallest absolute Gasteiger partial charge is 0.254 e. The minimum Gasteiger partial charge on any atom is -0.508 e. The van der Waals surface area contributed by atoms with Crippen molar-refractivity contribution in [1.82, 2.24) is 15.2 Å². The van der Waals surface area contributed by atoms with Gasteiger partial charge in [0.25, 0.3) is 5.91 Å². The Hall–Kier alpha value is -1.82. The van der Waals surface area contributed by atoms with Crippen LogP contribution in [0.2, 0.25) is 10.3 Å². The number of likely N-dealkylation sites (tertiary alicyclic amines) is 1. The van der Waals surface area contributed by atoms with E-state index < -0.39 is 0 Å². The third kappa shape index (κ3) is 4.84. The van der Waals surface area contributed by atoms with Crippen LogP contribution in [0.15, 0.2) is 36.4 Å². The first-order valence-electron chi connectivity index (χ1n) is 8.14. The number of nitrogens with one attached hydrogen (secondary N) is 1. The standard InChI is InChI=1S/C18H19Cl2N3O2/c19-16-5-4-15(17(20)22-16)18(25)21-13-6-8-23(9-7-13)11-12-2-1-3-14(24)10-12/h1-5,10,13,24H,6-9,11H2,(H,21,25). The van der Waals surface area contributed by atoms with E-state index in [1.807, 2.05) is 12.1 Å². The Morgan fingerprint density at radius 3 is 2.68 bits per heavy atom. The van der Waals surface area contributed by atoms with Crippen LogP contribution in [-0.4, -0.2) is 40.0 Å². The molecule has 1 amide bonds. The van der Waals surface area contributed by atoms with Crippen LogP contribution in [0.25, 0.3) is 0 Å². The number of benzene rings is 1. The molecule has 0 radical (unpaired) electrons. The fraction of sp³-hybridized carbons (Fsp3) is 0.333. The van der Waals surface area contributed by atoms with Gasteiger partial charge in [-0.15, -0.1) is 0 Å². The number of rotatable bonds is 4. The van der Waals surface area contributed by atoms with Crippen LogP contribution >= 0.6 is 23.2 Å². The maximum absolute atomic E-state index is 12.3. The van der Waals surface area contributed by atoms with Crippen molar-refractivity contribution in [1.29, 1.82) is 0 Å². The number of aromatic hydroxyl groups is 1. The summed E-state index contributed by atoms with van der Waals surface area (Å²) in [6, 6.07) is 10.6. The van der Waals surface area contributed by atoms with Gasteiger partial charge in [-0.25, -0.2) is 4.98 Å². The number of nitrogens with zero attached hydrogens (tertiary/aromatic N) is 2. The molecule has 1 aliphatic rings. The highest BCUT2D eigenvalue weighted by atomic mass is 35.5. The molecule has 1 fully saturated rings. The van der Waals surface area contributed by atoms with E-state index in [2.05, 4.69) is 15.2 Å². The average Bonchev–Trinajstić information content (AvgIpc) is 2.56. The van der Waals surface area contributed by atoms with Gasteiger partial charge in [0.05, 0.1) is 5.56 Å². The molecule has 0 aliphatic carbocycles. The molecule has 1 aromatic carbocycles. The molecule has 0 unspecified atom stereocenters. The van der Waals surface area contributed by atoms with Crippen molar-refractivity contribution in [3.05, 3.63) is 57.8 Å². The number of phenolic OH excluding ortho intramolecular Hbond substituents is 1. The molecule has 5 nitrogen and oxygen atoms in total. The average molecular weight is 380 g/mol. The lowest BCUT2D eigenvalue weighted by Crippen LogP contribution is -2.44. The van der Waals surface area contributed by atoms with Gasteiger partial charge in [0.1, 0.15) is 16.1 Å². The number of piperidine rings is 1. The number of hydrogen-bond donors (Lipinski definition) is 2. The molecule has 1 aliphatic heterocycles. The zero-order chi connectivity index (χ0) is 17.8. The highest BCUT2D eigenvalue weighted by Crippen LogP contribution is 2.19. The first-order valence-corrected chi connectivity index (χ1v) is 8.90. The minimum absolute atomic E-state index is 0.111. The maximum Gasteiger partial charge on any atom is 0.254 e. The predicted octanol–water partition coefficient (Wildman–Crippen LogP) is 3.49. The van der Waals surface area contributed by atoms with Gasteiger partial charge in [-0.05, 0) is 42.7 Å². The zero-order valence-corrected chi connectivity index (χ0v) is 15.1. The molecular formula is C18H19Cl2N3O2. The molecular weight excluding hydrogens is 361 g/mol. The SMILES string of the molecule is O=C(NC1CCN(Cc2cccc(O)c2)CC1)c1ccc(Cl)nc1Cl. The highest BCUT2D eigenvalue weighted by molar-refractivity contribution is 6.34. The molecule has 1 saturated heterocycles. The summed E-state index contributed by atoms with van der Waals surface area (Å²) in [5.41, 5.74) is 1.43. The van der Waals surface area contributed by atoms with Crippen molar-refractivity contribution in [2.45, 2.75) is 25.4 Å². The topological polar surface area (TPSA) is 65.5 Å². The quantitative estimate of drug-likeness (QED) is 0.797. The largest absolute Gasteiger partial charge is 0.508 e. The number of pyridine rings is 1. The molecule has 3 rings (SSSR count). The summed E-state index contributed by atoms with van der Waals surface area (Å²) in [7, 11) is 0. The van der Waals surface area contributed by atoms with E-state index in [9.17, 15) is 9.90 Å². The van der Waals surface area contributed by atoms with Gasteiger partial charge >= 0.3 is 0 Å². The van der Waals surface area contributed by atoms with Crippen LogP contribution < -0.4 is 5.32 Å². The van der Waals surface area contributed by atoms with Crippen LogP contribution in [0.1, 0.15) is 28.8 Å². The van der Waals surface area contributed by atoms with Crippen molar-refractivity contribution in [2.75, 3.05) is 13.1 Å². The fourth-order valence-electron chi connectivity index (χ4n) is 2.99. The third-order valence-electron chi connectivity index (χ3n) is 4.30. The first kappa shape index (κ1) is 18.0. The Morgan fingerprint density at radius 2 is 2.00 bits per heavy atom. The summed E-state index contributed by atoms with van der Waals surface area (Å²) in [4.78, 5) is 18.5. The molecule has 0 spiro atoms. The van der Waals surface area contributed by atoms with Gasteiger partial charge < -0.3 is 10.4 Å². The van der Waals surface area contributed by atoms with Crippen molar-refractivity contribution in [3.8, 4) is 5.75 Å². The van der Waals surface area contributed by atoms with Crippen molar-refractivity contribution < 1.29 is 9.90 Å². The molecule has 2 heterocycles. The lowest BCUT2D eigenvalue weighted by molar-refractivity contribution is 0.0908. The number of amides is 1. The molecule has 132 valence electrons. The molecule has 0 atom stereocenters. The molecule has 1 aromatic heterocycles. The van der Waals surface area contributed by atoms with Gasteiger partial charge in [-0.1, -0.05) is 35.3 Å². The molecule has 25 heavy (non-hydrogen) atoms. The second kappa shape index (κ2) is 8.04. The summed E-state index contributed by atoms with van der Waals surface area (Å²) in [5.74, 6) is 0.0636. The molecule has 2 aromatic rings. The predicted molar refractivity (Wildman–Crippen MR) is 98.1 cm³/mol. The van der Waals surface area contributed by atoms with Crippen molar-refractivity contribution in [3.63, 3.8) is 0 Å². The van der Waals surface area contributed by atoms with Gasteiger partial charge in [0.2, 0.25) is 0 Å². The number of halogens is 2. The van der Waals surface area contributed by atoms with Crippen molar-refractivity contribution in [2.24, 2.45) is 0 Å². The van der Waals surface area contributed by atoms with E-state index in [0.29, 0.717) is 5.56 Å². The third-order valence-corrected chi connectivity index (χ3v) is 4.80. The second-order valence-electron chi connectivity index (χ2n) is 6.17. The lowest BCUT2D eigenvalue weighted by atomic mass is 10.0. The second-order valence-corrected chi connectivity index (χ2v) is 6.91. The van der Waals surface area contributed by atoms with E-state index in [4.69, 9.17) is 23.2 Å². The zero-order valence-electron chi connectivity index (χ0n) is 13.6. The number of hydrogen-bond acceptors (Lipinski definition) is 4. The first-order chi connectivity index (χ1) is 12.0. The summed E-state index contributed by atoms with van der Waals surface area (Å²) in [5, 5.41) is 12.9. The summed E-state index contributed by atoms with van der Waals surface area (Å²) < 4.78 is 0. The summed E-state index contributed by atoms with van der Waals surface area (Å²) >= 11 is 11.7. The van der Waals surface area contributed by atoms with Gasteiger partial charge in [0, 0.05) is 25.7 Å². The van der Waals surface area contributed by atoms with Crippen LogP contribution in [0.5, 0.6) is 5.75 Å². The number of carbonyl (C=O) groups excluding carboxylic acids is 1. The normalized spacial score (nSPS) is 15.9. The van der Waals surface area contributed by atoms with E-state index in [0.717, 1.165) is 38.0 Å². The number of aromatic nitrogens is 1. The Labute approximate surface area is 156 Å². The minimum atomic E-state index is -0.222. The van der Waals surface area contributed by atoms with E-state index in [1.54, 1.807) is 24.3 Å². The number of carbonyl (C=O) groups is 1. The fourth-order valence-corrected chi connectivity index (χ4v) is 3.42. The summed E-state index contributed by atoms with van der Waals surface area (Å²) in [6.45, 7) is 2.56. The van der Waals surface area contributed by atoms with Gasteiger partial charge in [0.15, 0.2) is 0 Å². The van der Waals surface area contributed by atoms with Crippen molar-refractivity contribution >= 4 is 29.1 Å². The van der Waals surface area contributed by atoms with Crippen LogP contribution in [0, 0.1) is 0 Å². The Kier molecular flexibility index (Phi) is 5.78. The Bertz CT molecular complexity index is 762. The van der Waals surface area contributed by atoms with Crippen LogP contribution in [0.4, 0.5) is 0 Å². The van der Waals surface area contributed by atoms with Crippen LogP contribution in [0.3, 0.4) is 0 Å². The highest BCUT2D eigenvalue weighted by Gasteiger charge is 2.22. The molecule has 0 bridgehead atoms. The lowest BCUT2D eigenvalue weighted by Gasteiger charge is -2.32. The molecule has 0 saturated carbocycles. The monoisotopic (exact) mass is 379 g/mol. The van der Waals surface area contributed by atoms with E-state index in [-0.39, 0.29) is 28.0 Å². The van der Waals surface area contributed by atoms with Crippen LogP contribution in [-0.2, 0) is 6.54 Å². The van der Waals surface area contributed by atoms with Gasteiger partial charge in [-0.3, -0.25) is 9.69 Å². The Balaban J connectivity index is 1.51.